The molecular weight excluding hydrogens is 391 g/mol. The molecule has 132 valence electrons. The van der Waals surface area contributed by atoms with Gasteiger partial charge in [-0.3, -0.25) is 4.79 Å². The number of carbonyl (C=O) groups excluding carboxylic acids is 1. The van der Waals surface area contributed by atoms with Gasteiger partial charge in [0.15, 0.2) is 5.69 Å². The molecule has 5 nitrogen and oxygen atoms in total. The van der Waals surface area contributed by atoms with Crippen LogP contribution in [0.25, 0.3) is 5.69 Å². The van der Waals surface area contributed by atoms with E-state index in [1.807, 2.05) is 36.4 Å². The minimum Gasteiger partial charge on any atom is -0.320 e. The first-order valence-electron chi connectivity index (χ1n) is 7.99. The first-order chi connectivity index (χ1) is 12.6. The summed E-state index contributed by atoms with van der Waals surface area (Å²) in [7, 11) is 0. The number of hydrogen-bond donors (Lipinski definition) is 0. The Kier molecular flexibility index (Phi) is 4.89. The maximum absolute atomic E-state index is 13.0. The highest BCUT2D eigenvalue weighted by molar-refractivity contribution is 7.99. The predicted octanol–water partition coefficient (Wildman–Crippen LogP) is 4.46. The lowest BCUT2D eigenvalue weighted by molar-refractivity contribution is 0.0754. The molecule has 0 bridgehead atoms. The summed E-state index contributed by atoms with van der Waals surface area (Å²) in [4.78, 5) is 16.2. The van der Waals surface area contributed by atoms with Gasteiger partial charge in [-0.25, -0.2) is 0 Å². The molecule has 1 aliphatic rings. The van der Waals surface area contributed by atoms with Gasteiger partial charge in [0.25, 0.3) is 5.91 Å². The van der Waals surface area contributed by atoms with E-state index in [1.54, 1.807) is 28.8 Å². The largest absolute Gasteiger partial charge is 0.320 e. The molecule has 0 spiro atoms. The third-order valence-electron chi connectivity index (χ3n) is 4.08. The van der Waals surface area contributed by atoms with Crippen LogP contribution in [0, 0.1) is 0 Å². The zero-order chi connectivity index (χ0) is 18.1. The second-order valence-electron chi connectivity index (χ2n) is 5.74. The van der Waals surface area contributed by atoms with Gasteiger partial charge in [-0.15, -0.1) is 16.9 Å². The van der Waals surface area contributed by atoms with Crippen molar-refractivity contribution in [1.82, 2.24) is 19.9 Å². The molecule has 8 heteroatoms. The van der Waals surface area contributed by atoms with Crippen LogP contribution in [0.1, 0.15) is 21.4 Å². The maximum Gasteiger partial charge on any atom is 0.277 e. The summed E-state index contributed by atoms with van der Waals surface area (Å²) in [5, 5.41) is 9.53. The molecule has 1 unspecified atom stereocenters. The summed E-state index contributed by atoms with van der Waals surface area (Å²) in [6.45, 7) is 0.630. The van der Waals surface area contributed by atoms with Gasteiger partial charge in [0.2, 0.25) is 0 Å². The molecule has 1 saturated heterocycles. The number of thioether (sulfide) groups is 1. The number of hydrogen-bond acceptors (Lipinski definition) is 4. The summed E-state index contributed by atoms with van der Waals surface area (Å²) in [5.41, 5.74) is 1.99. The molecular formula is C18H14Cl2N4OS. The Hall–Kier alpha value is -2.02. The van der Waals surface area contributed by atoms with Crippen molar-refractivity contribution < 1.29 is 4.79 Å². The summed E-state index contributed by atoms with van der Waals surface area (Å²) in [6.07, 6.45) is 1.50. The van der Waals surface area contributed by atoms with Gasteiger partial charge in [0.1, 0.15) is 5.37 Å². The Morgan fingerprint density at radius 3 is 2.73 bits per heavy atom. The van der Waals surface area contributed by atoms with E-state index < -0.39 is 0 Å². The average molecular weight is 405 g/mol. The highest BCUT2D eigenvalue weighted by Gasteiger charge is 2.33. The number of nitrogens with zero attached hydrogens (tertiary/aromatic N) is 4. The van der Waals surface area contributed by atoms with Crippen LogP contribution < -0.4 is 0 Å². The minimum atomic E-state index is -0.159. The van der Waals surface area contributed by atoms with Crippen LogP contribution in [0.4, 0.5) is 0 Å². The number of halogens is 2. The Morgan fingerprint density at radius 1 is 1.15 bits per heavy atom. The summed E-state index contributed by atoms with van der Waals surface area (Å²) in [5.74, 6) is 0.676. The fourth-order valence-electron chi connectivity index (χ4n) is 2.83. The SMILES string of the molecule is O=C(c1cnn(-c2ccccc2)n1)N1CCSC1c1ccc(Cl)cc1Cl. The quantitative estimate of drug-likeness (QED) is 0.646. The van der Waals surface area contributed by atoms with Crippen molar-refractivity contribution in [2.75, 3.05) is 12.3 Å². The van der Waals surface area contributed by atoms with Crippen LogP contribution in [0.3, 0.4) is 0 Å². The molecule has 1 aromatic heterocycles. The third kappa shape index (κ3) is 3.32. The standard InChI is InChI=1S/C18H14Cl2N4OS/c19-12-6-7-14(15(20)10-12)18-23(8-9-26-18)17(25)16-11-21-24(22-16)13-4-2-1-3-5-13/h1-7,10-11,18H,8-9H2. The Labute approximate surface area is 164 Å². The van der Waals surface area contributed by atoms with Crippen molar-refractivity contribution in [2.24, 2.45) is 0 Å². The maximum atomic E-state index is 13.0. The third-order valence-corrected chi connectivity index (χ3v) is 5.88. The van der Waals surface area contributed by atoms with Gasteiger partial charge < -0.3 is 4.90 Å². The van der Waals surface area contributed by atoms with Gasteiger partial charge >= 0.3 is 0 Å². The minimum absolute atomic E-state index is 0.158. The van der Waals surface area contributed by atoms with Crippen molar-refractivity contribution in [3.63, 3.8) is 0 Å². The van der Waals surface area contributed by atoms with Gasteiger partial charge in [-0.05, 0) is 24.3 Å². The topological polar surface area (TPSA) is 51.0 Å². The molecule has 0 radical (unpaired) electrons. The van der Waals surface area contributed by atoms with Crippen LogP contribution in [-0.2, 0) is 0 Å². The number of para-hydroxylation sites is 1. The Morgan fingerprint density at radius 2 is 1.96 bits per heavy atom. The van der Waals surface area contributed by atoms with Crippen molar-refractivity contribution in [1.29, 1.82) is 0 Å². The highest BCUT2D eigenvalue weighted by atomic mass is 35.5. The van der Waals surface area contributed by atoms with Crippen LogP contribution in [0.15, 0.2) is 54.7 Å². The first kappa shape index (κ1) is 17.4. The molecule has 1 fully saturated rings. The van der Waals surface area contributed by atoms with E-state index in [-0.39, 0.29) is 11.3 Å². The molecule has 3 aromatic rings. The number of amides is 1. The smallest absolute Gasteiger partial charge is 0.277 e. The number of carbonyl (C=O) groups is 1. The van der Waals surface area contributed by atoms with Crippen LogP contribution in [0.2, 0.25) is 10.0 Å². The van der Waals surface area contributed by atoms with Crippen LogP contribution in [0.5, 0.6) is 0 Å². The summed E-state index contributed by atoms with van der Waals surface area (Å²) in [6, 6.07) is 14.8. The fourth-order valence-corrected chi connectivity index (χ4v) is 4.70. The lowest BCUT2D eigenvalue weighted by Crippen LogP contribution is -2.31. The van der Waals surface area contributed by atoms with E-state index >= 15 is 0 Å². The highest BCUT2D eigenvalue weighted by Crippen LogP contribution is 2.42. The lowest BCUT2D eigenvalue weighted by Gasteiger charge is -2.24. The molecule has 0 N–H and O–H groups in total. The van der Waals surface area contributed by atoms with Crippen molar-refractivity contribution >= 4 is 40.9 Å². The normalized spacial score (nSPS) is 16.8. The Balaban J connectivity index is 1.60. The second-order valence-corrected chi connectivity index (χ2v) is 7.77. The first-order valence-corrected chi connectivity index (χ1v) is 9.79. The van der Waals surface area contributed by atoms with E-state index in [1.165, 1.54) is 11.0 Å². The monoisotopic (exact) mass is 404 g/mol. The van der Waals surface area contributed by atoms with Crippen LogP contribution >= 0.6 is 35.0 Å². The van der Waals surface area contributed by atoms with Gasteiger partial charge in [0, 0.05) is 27.9 Å². The van der Waals surface area contributed by atoms with E-state index in [0.29, 0.717) is 22.3 Å². The van der Waals surface area contributed by atoms with Crippen molar-refractivity contribution in [3.05, 3.63) is 76.0 Å². The summed E-state index contributed by atoms with van der Waals surface area (Å²) < 4.78 is 0. The molecule has 2 heterocycles. The van der Waals surface area contributed by atoms with Crippen LogP contribution in [-0.4, -0.2) is 38.1 Å². The fraction of sp³-hybridized carbons (Fsp3) is 0.167. The van der Waals surface area contributed by atoms with E-state index in [4.69, 9.17) is 23.2 Å². The van der Waals surface area contributed by atoms with E-state index in [2.05, 4.69) is 10.2 Å². The van der Waals surface area contributed by atoms with Gasteiger partial charge in [0.05, 0.1) is 11.9 Å². The molecule has 0 aliphatic carbocycles. The Bertz CT molecular complexity index is 947. The number of rotatable bonds is 3. The molecule has 26 heavy (non-hydrogen) atoms. The molecule has 4 rings (SSSR count). The molecule has 1 aliphatic heterocycles. The number of aromatic nitrogens is 3. The van der Waals surface area contributed by atoms with E-state index in [9.17, 15) is 4.79 Å². The average Bonchev–Trinajstić information content (AvgIpc) is 3.32. The number of benzene rings is 2. The zero-order valence-corrected chi connectivity index (χ0v) is 15.9. The van der Waals surface area contributed by atoms with E-state index in [0.717, 1.165) is 17.0 Å². The second kappa shape index (κ2) is 7.31. The van der Waals surface area contributed by atoms with Gasteiger partial charge in [-0.2, -0.15) is 9.90 Å². The van der Waals surface area contributed by atoms with Gasteiger partial charge in [-0.1, -0.05) is 47.5 Å². The summed E-state index contributed by atoms with van der Waals surface area (Å²) >= 11 is 14.0. The molecule has 1 amide bonds. The lowest BCUT2D eigenvalue weighted by atomic mass is 10.2. The van der Waals surface area contributed by atoms with Crippen molar-refractivity contribution in [2.45, 2.75) is 5.37 Å². The van der Waals surface area contributed by atoms with Crippen molar-refractivity contribution in [3.8, 4) is 5.69 Å². The predicted molar refractivity (Wildman–Crippen MR) is 104 cm³/mol. The molecule has 2 aromatic carbocycles. The molecule has 0 saturated carbocycles. The zero-order valence-electron chi connectivity index (χ0n) is 13.5. The molecule has 1 atom stereocenters.